The van der Waals surface area contributed by atoms with Gasteiger partial charge in [0.1, 0.15) is 34.8 Å². The van der Waals surface area contributed by atoms with Crippen molar-refractivity contribution < 1.29 is 73.1 Å². The number of aliphatic hydroxyl groups excluding tert-OH is 3. The maximum Gasteiger partial charge on any atom is 0.312 e. The number of carbonyl (C=O) groups is 3. The number of benzene rings is 3. The Morgan fingerprint density at radius 2 is 1.63 bits per heavy atom. The second-order valence-corrected chi connectivity index (χ2v) is 20.9. The molecule has 9 atom stereocenters. The second-order valence-electron chi connectivity index (χ2n) is 20.9. The molecule has 1 saturated carbocycles. The van der Waals surface area contributed by atoms with Crippen LogP contribution < -0.4 is 25.1 Å². The summed E-state index contributed by atoms with van der Waals surface area (Å²) in [6.45, 7) is 16.5. The number of piperazine rings is 1. The molecule has 1 aromatic heterocycles. The molecule has 0 radical (unpaired) electrons. The Labute approximate surface area is 449 Å². The number of nitrogens with one attached hydrogen (secondary N) is 1. The number of hydrogen-bond acceptors (Lipinski definition) is 18. The predicted octanol–water partition coefficient (Wildman–Crippen LogP) is 7.24. The number of Topliss-reactive ketones (excluding diaryl/α,β-unsaturated/α-hetero) is 1. The van der Waals surface area contributed by atoms with Gasteiger partial charge in [0.25, 0.3) is 11.7 Å². The summed E-state index contributed by atoms with van der Waals surface area (Å²) >= 11 is 0. The van der Waals surface area contributed by atoms with Crippen LogP contribution in [0.25, 0.3) is 27.4 Å². The number of nitrogens with zero attached hydrogens (tertiary/aromatic N) is 4. The summed E-state index contributed by atoms with van der Waals surface area (Å²) in [5, 5.41) is 78.0. The van der Waals surface area contributed by atoms with Crippen molar-refractivity contribution in [2.75, 3.05) is 50.6 Å². The summed E-state index contributed by atoms with van der Waals surface area (Å²) in [5.74, 6) is -10.3. The lowest BCUT2D eigenvalue weighted by Crippen LogP contribution is -2.46. The van der Waals surface area contributed by atoms with E-state index in [4.69, 9.17) is 23.7 Å². The zero-order chi connectivity index (χ0) is 57.0. The summed E-state index contributed by atoms with van der Waals surface area (Å²) < 4.78 is 47.8. The van der Waals surface area contributed by atoms with E-state index in [2.05, 4.69) is 17.0 Å². The number of hydrazone groups is 1. The molecule has 0 unspecified atom stereocenters. The summed E-state index contributed by atoms with van der Waals surface area (Å²) in [4.78, 5) is 56.5. The number of pyridine rings is 1. The SMILES string of the molecule is C=C(O)c1cn(C2CC2)c2c(OC)c(N3CCN(/N=C/c4c5c(O)c6c(O)c(C)c7c(c6c4O)C(=O)[C@@](C)(O/C=C/[C@H](OC)[C@@H](C)[C@@H](OC(C)=O)[C@H](C)[C@H](O)[C@H](C)[C@@H](O)[C@@H](C)/C=C/C=C(/C)C(=O)N5)O7)CC3)c(F)cc2c1=O. The Hall–Kier alpha value is -7.62. The van der Waals surface area contributed by atoms with Gasteiger partial charge in [0.15, 0.2) is 17.3 Å². The number of fused-ring (bicyclic) bond motifs is 15. The third kappa shape index (κ3) is 10.2. The van der Waals surface area contributed by atoms with Crippen LogP contribution in [0.4, 0.5) is 15.8 Å². The maximum atomic E-state index is 16.3. The number of amides is 1. The molecule has 1 aliphatic carbocycles. The average Bonchev–Trinajstić information content (AvgIpc) is 4.09. The number of aromatic nitrogens is 1. The lowest BCUT2D eigenvalue weighted by atomic mass is 9.78. The zero-order valence-electron chi connectivity index (χ0n) is 45.3. The fourth-order valence-corrected chi connectivity index (χ4v) is 10.8. The molecule has 5 aliphatic rings. The molecule has 4 aliphatic heterocycles. The smallest absolute Gasteiger partial charge is 0.312 e. The Morgan fingerprint density at radius 1 is 0.949 bits per heavy atom. The second kappa shape index (κ2) is 22.0. The minimum absolute atomic E-state index is 0.00286. The number of aromatic hydroxyl groups is 3. The Kier molecular flexibility index (Phi) is 16.0. The van der Waals surface area contributed by atoms with Crippen LogP contribution in [0.15, 0.2) is 64.9 Å². The third-order valence-corrected chi connectivity index (χ3v) is 15.6. The maximum absolute atomic E-state index is 16.3. The van der Waals surface area contributed by atoms with Gasteiger partial charge in [0.05, 0.1) is 89.7 Å². The number of phenolic OH excluding ortho intramolecular Hbond substituents is 3. The van der Waals surface area contributed by atoms with Gasteiger partial charge in [-0.1, -0.05) is 52.5 Å². The standard InChI is InChI=1S/C57H68FN5O15/c1-26-13-12-14-27(2)56(73)60-43-36(24-59-62-20-18-61(19-21-62)45-38(58)23-35-44(54(45)75-11)63(34-15-16-34)25-37(32(7)64)49(35)69)50(70)40-41(51(43)71)48(68)31(6)53-42(40)55(72)57(9,78-53)76-22-17-39(74-10)28(3)52(77-33(8)65)30(5)47(67)29(4)46(26)66/h12-14,17,22-26,28-30,34,39,46-47,52,64,66-68,70-71H,7,15-16,18-21H2,1-6,8-11H3,(H,60,73)/b13-12+,22-17+,27-14-,59-24+/t26-,28+,29+,30+,39-,46-,47+,52+,57-/m0/s1. The Balaban J connectivity index is 1.20. The highest BCUT2D eigenvalue weighted by Gasteiger charge is 2.50. The molecule has 4 aromatic rings. The van der Waals surface area contributed by atoms with Crippen molar-refractivity contribution in [3.05, 3.63) is 93.3 Å². The summed E-state index contributed by atoms with van der Waals surface area (Å²) in [7, 11) is 2.80. The van der Waals surface area contributed by atoms with E-state index in [0.29, 0.717) is 5.52 Å². The quantitative estimate of drug-likeness (QED) is 0.0301. The first kappa shape index (κ1) is 56.6. The van der Waals surface area contributed by atoms with E-state index in [1.807, 2.05) is 4.57 Å². The largest absolute Gasteiger partial charge is 0.508 e. The fraction of sp³-hybridized carbons (Fsp3) is 0.456. The van der Waals surface area contributed by atoms with Crippen molar-refractivity contribution in [3.63, 3.8) is 0 Å². The first-order valence-corrected chi connectivity index (χ1v) is 25.8. The van der Waals surface area contributed by atoms with Crippen molar-refractivity contribution in [2.24, 2.45) is 28.8 Å². The lowest BCUT2D eigenvalue weighted by Gasteiger charge is -2.38. The van der Waals surface area contributed by atoms with Gasteiger partial charge in [-0.15, -0.1) is 0 Å². The highest BCUT2D eigenvalue weighted by atomic mass is 19.1. The number of allylic oxidation sites excluding steroid dienone is 2. The number of phenols is 3. The number of methoxy groups -OCH3 is 2. The van der Waals surface area contributed by atoms with E-state index in [1.165, 1.54) is 66.5 Å². The molecule has 5 bridgehead atoms. The predicted molar refractivity (Wildman–Crippen MR) is 290 cm³/mol. The minimum atomic E-state index is -2.14. The highest BCUT2D eigenvalue weighted by molar-refractivity contribution is 6.24. The molecular formula is C57H68FN5O15. The monoisotopic (exact) mass is 1080 g/mol. The van der Waals surface area contributed by atoms with Gasteiger partial charge in [-0.3, -0.25) is 24.2 Å². The van der Waals surface area contributed by atoms with Crippen molar-refractivity contribution in [2.45, 2.75) is 104 Å². The van der Waals surface area contributed by atoms with Gasteiger partial charge < -0.3 is 69.1 Å². The number of esters is 1. The first-order valence-electron chi connectivity index (χ1n) is 25.8. The molecule has 7 N–H and O–H groups in total. The molecule has 1 saturated heterocycles. The van der Waals surface area contributed by atoms with Crippen molar-refractivity contribution >= 4 is 62.7 Å². The fourth-order valence-electron chi connectivity index (χ4n) is 10.8. The molecule has 418 valence electrons. The zero-order valence-corrected chi connectivity index (χ0v) is 45.3. The van der Waals surface area contributed by atoms with Crippen molar-refractivity contribution in [1.29, 1.82) is 0 Å². The molecule has 3 aromatic carbocycles. The minimum Gasteiger partial charge on any atom is -0.508 e. The van der Waals surface area contributed by atoms with E-state index in [-0.39, 0.29) is 93.7 Å². The van der Waals surface area contributed by atoms with Crippen LogP contribution in [0.5, 0.6) is 28.7 Å². The van der Waals surface area contributed by atoms with Crippen LogP contribution in [-0.4, -0.2) is 135 Å². The van der Waals surface area contributed by atoms with Gasteiger partial charge in [-0.25, -0.2) is 4.39 Å². The normalized spacial score (nSPS) is 27.8. The number of hydrogen-bond donors (Lipinski definition) is 7. The molecular weight excluding hydrogens is 1010 g/mol. The first-order chi connectivity index (χ1) is 36.9. The van der Waals surface area contributed by atoms with E-state index >= 15 is 4.39 Å². The molecule has 1 amide bonds. The van der Waals surface area contributed by atoms with E-state index < -0.39 is 111 Å². The number of rotatable bonds is 8. The van der Waals surface area contributed by atoms with Crippen LogP contribution in [0.2, 0.25) is 0 Å². The number of ether oxygens (including phenoxy) is 5. The van der Waals surface area contributed by atoms with Crippen LogP contribution in [0.1, 0.15) is 94.4 Å². The van der Waals surface area contributed by atoms with E-state index in [1.54, 1.807) is 49.8 Å². The summed E-state index contributed by atoms with van der Waals surface area (Å²) in [6.07, 6.45) is 7.47. The number of halogens is 1. The van der Waals surface area contributed by atoms with Crippen LogP contribution in [0, 0.1) is 36.4 Å². The third-order valence-electron chi connectivity index (χ3n) is 15.6. The number of ketones is 1. The molecule has 20 nitrogen and oxygen atoms in total. The van der Waals surface area contributed by atoms with Gasteiger partial charge in [0, 0.05) is 86.5 Å². The highest BCUT2D eigenvalue weighted by Crippen LogP contribution is 2.55. The van der Waals surface area contributed by atoms with Crippen molar-refractivity contribution in [3.8, 4) is 28.7 Å². The van der Waals surface area contributed by atoms with Crippen molar-refractivity contribution in [1.82, 2.24) is 9.58 Å². The molecule has 0 spiro atoms. The molecule has 9 rings (SSSR count). The average molecular weight is 1080 g/mol. The van der Waals surface area contributed by atoms with Crippen LogP contribution in [-0.2, 0) is 23.8 Å². The van der Waals surface area contributed by atoms with Crippen LogP contribution in [0.3, 0.4) is 0 Å². The summed E-state index contributed by atoms with van der Waals surface area (Å²) in [6, 6.07) is 1.14. The van der Waals surface area contributed by atoms with Gasteiger partial charge in [-0.05, 0) is 38.8 Å². The van der Waals surface area contributed by atoms with Gasteiger partial charge in [-0.2, -0.15) is 5.10 Å². The van der Waals surface area contributed by atoms with Crippen LogP contribution >= 0.6 is 0 Å². The topological polar surface area (TPSA) is 272 Å². The molecule has 21 heteroatoms. The number of anilines is 2. The molecule has 78 heavy (non-hydrogen) atoms. The lowest BCUT2D eigenvalue weighted by molar-refractivity contribution is -0.160. The Morgan fingerprint density at radius 3 is 2.24 bits per heavy atom. The van der Waals surface area contributed by atoms with Gasteiger partial charge >= 0.3 is 11.8 Å². The Bertz CT molecular complexity index is 3280. The summed E-state index contributed by atoms with van der Waals surface area (Å²) in [5.41, 5.74) is -0.985. The van der Waals surface area contributed by atoms with E-state index in [0.717, 1.165) is 25.2 Å². The number of aliphatic hydroxyl groups is 3. The number of carbonyl (C=O) groups excluding carboxylic acids is 3. The van der Waals surface area contributed by atoms with E-state index in [9.17, 15) is 49.8 Å². The molecule has 2 fully saturated rings. The van der Waals surface area contributed by atoms with Gasteiger partial charge in [0.2, 0.25) is 5.43 Å². The molecule has 5 heterocycles.